The second-order valence-electron chi connectivity index (χ2n) is 3.68. The topological polar surface area (TPSA) is 6.48 Å². The van der Waals surface area contributed by atoms with Crippen LogP contribution in [0.25, 0.3) is 0 Å². The second-order valence-corrected chi connectivity index (χ2v) is 3.68. The van der Waals surface area contributed by atoms with E-state index < -0.39 is 0 Å². The lowest BCUT2D eigenvalue weighted by Crippen LogP contribution is -2.33. The second kappa shape index (κ2) is 2.28. The smallest absolute Gasteiger partial charge is 0.109 e. The third-order valence-electron chi connectivity index (χ3n) is 2.93. The summed E-state index contributed by atoms with van der Waals surface area (Å²) >= 11 is 0. The monoisotopic (exact) mass is 172 g/mol. The molecule has 0 fully saturated rings. The first kappa shape index (κ1) is 7.01. The van der Waals surface area contributed by atoms with Crippen LogP contribution in [0.2, 0.25) is 0 Å². The fourth-order valence-electron chi connectivity index (χ4n) is 2.19. The Balaban J connectivity index is 2.09. The molecule has 66 valence electrons. The molecule has 2 aliphatic heterocycles. The van der Waals surface area contributed by atoms with E-state index in [1.807, 2.05) is 0 Å². The van der Waals surface area contributed by atoms with Gasteiger partial charge in [-0.25, -0.2) is 0 Å². The van der Waals surface area contributed by atoms with E-state index in [0.717, 1.165) is 6.42 Å². The molecule has 2 heteroatoms. The van der Waals surface area contributed by atoms with Crippen molar-refractivity contribution in [3.8, 4) is 0 Å². The van der Waals surface area contributed by atoms with Crippen molar-refractivity contribution in [1.82, 2.24) is 4.90 Å². The van der Waals surface area contributed by atoms with Crippen LogP contribution < -0.4 is 4.90 Å². The highest BCUT2D eigenvalue weighted by molar-refractivity contribution is 5.62. The molecule has 0 bridgehead atoms. The average Bonchev–Trinajstić information content (AvgIpc) is 2.67. The average molecular weight is 172 g/mol. The lowest BCUT2D eigenvalue weighted by Gasteiger charge is -2.23. The molecule has 0 spiro atoms. The van der Waals surface area contributed by atoms with Crippen LogP contribution in [0.3, 0.4) is 0 Å². The van der Waals surface area contributed by atoms with Crippen LogP contribution in [0, 0.1) is 0 Å². The van der Waals surface area contributed by atoms with Gasteiger partial charge in [-0.15, -0.1) is 0 Å². The first-order chi connectivity index (χ1) is 6.36. The van der Waals surface area contributed by atoms with Crippen molar-refractivity contribution in [2.24, 2.45) is 0 Å². The summed E-state index contributed by atoms with van der Waals surface area (Å²) in [5, 5.41) is 0. The molecule has 0 aromatic heterocycles. The molecule has 3 rings (SSSR count). The molecule has 0 saturated heterocycles. The molecule has 0 N–H and O–H groups in total. The summed E-state index contributed by atoms with van der Waals surface area (Å²) in [7, 11) is 2.13. The van der Waals surface area contributed by atoms with Gasteiger partial charge in [0.05, 0.1) is 0 Å². The molecular weight excluding hydrogens is 160 g/mol. The number of likely N-dealkylation sites (N-methyl/N-ethyl adjacent to an activating group) is 1. The Bertz CT molecular complexity index is 370. The standard InChI is InChI=1S/C11H12N2/c1-12-6-7-13-10-5-3-2-4-9(10)8-11(12)13/h2-7,11H,8H2,1H3. The van der Waals surface area contributed by atoms with Gasteiger partial charge in [-0.1, -0.05) is 18.2 Å². The van der Waals surface area contributed by atoms with Crippen molar-refractivity contribution in [3.05, 3.63) is 42.2 Å². The Kier molecular flexibility index (Phi) is 1.23. The first-order valence-electron chi connectivity index (χ1n) is 4.63. The summed E-state index contributed by atoms with van der Waals surface area (Å²) < 4.78 is 0. The molecule has 1 unspecified atom stereocenters. The van der Waals surface area contributed by atoms with Crippen molar-refractivity contribution in [1.29, 1.82) is 0 Å². The molecular formula is C11H12N2. The number of rotatable bonds is 0. The summed E-state index contributed by atoms with van der Waals surface area (Å²) in [6, 6.07) is 8.63. The Hall–Kier alpha value is -1.44. The molecule has 0 saturated carbocycles. The highest BCUT2D eigenvalue weighted by Gasteiger charge is 2.32. The number of hydrogen-bond acceptors (Lipinski definition) is 2. The number of para-hydroxylation sites is 1. The maximum atomic E-state index is 2.34. The summed E-state index contributed by atoms with van der Waals surface area (Å²) in [5.74, 6) is 0. The largest absolute Gasteiger partial charge is 0.358 e. The van der Waals surface area contributed by atoms with Crippen LogP contribution in [0.15, 0.2) is 36.7 Å². The van der Waals surface area contributed by atoms with Gasteiger partial charge in [-0.2, -0.15) is 0 Å². The zero-order chi connectivity index (χ0) is 8.84. The summed E-state index contributed by atoms with van der Waals surface area (Å²) in [6.07, 6.45) is 5.97. The van der Waals surface area contributed by atoms with Gasteiger partial charge in [-0.05, 0) is 11.6 Å². The molecule has 0 aliphatic carbocycles. The maximum absolute atomic E-state index is 2.34. The lowest BCUT2D eigenvalue weighted by molar-refractivity contribution is 0.369. The van der Waals surface area contributed by atoms with Crippen LogP contribution in [0.1, 0.15) is 5.56 Å². The van der Waals surface area contributed by atoms with Crippen LogP contribution in [-0.4, -0.2) is 18.1 Å². The molecule has 1 aromatic carbocycles. The predicted molar refractivity (Wildman–Crippen MR) is 53.3 cm³/mol. The number of benzene rings is 1. The minimum atomic E-state index is 0.525. The fourth-order valence-corrected chi connectivity index (χ4v) is 2.19. The van der Waals surface area contributed by atoms with Gasteiger partial charge in [0.1, 0.15) is 6.17 Å². The molecule has 1 atom stereocenters. The third kappa shape index (κ3) is 0.829. The Morgan fingerprint density at radius 1 is 1.23 bits per heavy atom. The van der Waals surface area contributed by atoms with E-state index >= 15 is 0 Å². The quantitative estimate of drug-likeness (QED) is 0.588. The lowest BCUT2D eigenvalue weighted by atomic mass is 10.1. The summed E-state index contributed by atoms with van der Waals surface area (Å²) in [5.41, 5.74) is 2.83. The van der Waals surface area contributed by atoms with E-state index in [2.05, 4.69) is 53.5 Å². The van der Waals surface area contributed by atoms with E-state index in [4.69, 9.17) is 0 Å². The van der Waals surface area contributed by atoms with E-state index in [0.29, 0.717) is 6.17 Å². The normalized spacial score (nSPS) is 23.6. The number of anilines is 1. The van der Waals surface area contributed by atoms with E-state index in [1.54, 1.807) is 0 Å². The predicted octanol–water partition coefficient (Wildman–Crippen LogP) is 1.79. The van der Waals surface area contributed by atoms with Crippen LogP contribution in [-0.2, 0) is 6.42 Å². The minimum Gasteiger partial charge on any atom is -0.358 e. The van der Waals surface area contributed by atoms with E-state index in [9.17, 15) is 0 Å². The highest BCUT2D eigenvalue weighted by atomic mass is 15.4. The number of nitrogens with zero attached hydrogens (tertiary/aromatic N) is 2. The Morgan fingerprint density at radius 3 is 3.00 bits per heavy atom. The fraction of sp³-hybridized carbons (Fsp3) is 0.273. The van der Waals surface area contributed by atoms with Gasteiger partial charge < -0.3 is 9.80 Å². The maximum Gasteiger partial charge on any atom is 0.109 e. The molecule has 2 heterocycles. The zero-order valence-corrected chi connectivity index (χ0v) is 7.64. The first-order valence-corrected chi connectivity index (χ1v) is 4.63. The highest BCUT2D eigenvalue weighted by Crippen LogP contribution is 2.35. The van der Waals surface area contributed by atoms with Crippen LogP contribution in [0.4, 0.5) is 5.69 Å². The number of hydrogen-bond donors (Lipinski definition) is 0. The van der Waals surface area contributed by atoms with E-state index in [1.165, 1.54) is 11.3 Å². The Morgan fingerprint density at radius 2 is 2.08 bits per heavy atom. The van der Waals surface area contributed by atoms with Gasteiger partial charge >= 0.3 is 0 Å². The zero-order valence-electron chi connectivity index (χ0n) is 7.64. The minimum absolute atomic E-state index is 0.525. The van der Waals surface area contributed by atoms with Gasteiger partial charge in [0, 0.05) is 31.6 Å². The molecule has 0 radical (unpaired) electrons. The molecule has 13 heavy (non-hydrogen) atoms. The number of fused-ring (bicyclic) bond motifs is 3. The van der Waals surface area contributed by atoms with Gasteiger partial charge in [0.25, 0.3) is 0 Å². The van der Waals surface area contributed by atoms with Crippen molar-refractivity contribution < 1.29 is 0 Å². The van der Waals surface area contributed by atoms with Crippen molar-refractivity contribution >= 4 is 5.69 Å². The Labute approximate surface area is 78.1 Å². The van der Waals surface area contributed by atoms with E-state index in [-0.39, 0.29) is 0 Å². The van der Waals surface area contributed by atoms with Crippen molar-refractivity contribution in [2.75, 3.05) is 11.9 Å². The summed E-state index contributed by atoms with van der Waals surface area (Å²) in [4.78, 5) is 4.61. The van der Waals surface area contributed by atoms with Crippen molar-refractivity contribution in [2.45, 2.75) is 12.6 Å². The van der Waals surface area contributed by atoms with Gasteiger partial charge in [-0.3, -0.25) is 0 Å². The SMILES string of the molecule is CN1C=CN2c3ccccc3CC12. The summed E-state index contributed by atoms with van der Waals surface area (Å²) in [6.45, 7) is 0. The molecule has 2 aliphatic rings. The van der Waals surface area contributed by atoms with Crippen LogP contribution >= 0.6 is 0 Å². The van der Waals surface area contributed by atoms with Crippen LogP contribution in [0.5, 0.6) is 0 Å². The van der Waals surface area contributed by atoms with Gasteiger partial charge in [0.15, 0.2) is 0 Å². The van der Waals surface area contributed by atoms with Crippen molar-refractivity contribution in [3.63, 3.8) is 0 Å². The molecule has 0 amide bonds. The van der Waals surface area contributed by atoms with Gasteiger partial charge in [0.2, 0.25) is 0 Å². The third-order valence-corrected chi connectivity index (χ3v) is 2.93. The molecule has 1 aromatic rings. The molecule has 2 nitrogen and oxygen atoms in total.